The number of nitrogens with zero attached hydrogens (tertiary/aromatic N) is 2. The van der Waals surface area contributed by atoms with Gasteiger partial charge in [-0.2, -0.15) is 0 Å². The summed E-state index contributed by atoms with van der Waals surface area (Å²) < 4.78 is 6.20. The van der Waals surface area contributed by atoms with Gasteiger partial charge in [-0.1, -0.05) is 28.1 Å². The number of halogens is 2. The fraction of sp³-hybridized carbons (Fsp3) is 0.556. The molecule has 1 aromatic carbocycles. The van der Waals surface area contributed by atoms with Crippen LogP contribution in [0.25, 0.3) is 0 Å². The van der Waals surface area contributed by atoms with Crippen LogP contribution in [0.15, 0.2) is 33.7 Å². The normalized spacial score (nSPS) is 15.5. The van der Waals surface area contributed by atoms with Crippen molar-refractivity contribution in [3.63, 3.8) is 0 Å². The van der Waals surface area contributed by atoms with E-state index in [-0.39, 0.29) is 35.9 Å². The minimum atomic E-state index is -0.0612. The summed E-state index contributed by atoms with van der Waals surface area (Å²) in [5.41, 5.74) is 1.18. The van der Waals surface area contributed by atoms with Gasteiger partial charge in [-0.05, 0) is 44.4 Å². The number of rotatable bonds is 5. The number of benzene rings is 1. The SMILES string of the molecule is CCNC(=NCc1ccc(Br)cc1)N1CCC(C(=O)OCC)CC1.I. The molecule has 0 atom stereocenters. The lowest BCUT2D eigenvalue weighted by molar-refractivity contribution is -0.149. The molecule has 1 fully saturated rings. The summed E-state index contributed by atoms with van der Waals surface area (Å²) in [6.07, 6.45) is 1.64. The predicted octanol–water partition coefficient (Wildman–Crippen LogP) is 3.81. The molecule has 0 saturated carbocycles. The first-order valence-electron chi connectivity index (χ1n) is 8.58. The second-order valence-electron chi connectivity index (χ2n) is 5.81. The van der Waals surface area contributed by atoms with Crippen molar-refractivity contribution in [1.82, 2.24) is 10.2 Å². The van der Waals surface area contributed by atoms with Crippen molar-refractivity contribution in [2.24, 2.45) is 10.9 Å². The molecular formula is C18H27BrIN3O2. The summed E-state index contributed by atoms with van der Waals surface area (Å²) in [5, 5.41) is 3.35. The van der Waals surface area contributed by atoms with E-state index >= 15 is 0 Å². The molecule has 0 unspecified atom stereocenters. The average molecular weight is 524 g/mol. The van der Waals surface area contributed by atoms with Gasteiger partial charge in [0.15, 0.2) is 5.96 Å². The third-order valence-electron chi connectivity index (χ3n) is 4.07. The topological polar surface area (TPSA) is 53.9 Å². The molecule has 0 aliphatic carbocycles. The largest absolute Gasteiger partial charge is 0.466 e. The van der Waals surface area contributed by atoms with Crippen LogP contribution in [0.1, 0.15) is 32.3 Å². The fourth-order valence-electron chi connectivity index (χ4n) is 2.77. The maximum atomic E-state index is 11.8. The van der Waals surface area contributed by atoms with Crippen LogP contribution in [0.3, 0.4) is 0 Å². The minimum Gasteiger partial charge on any atom is -0.466 e. The Bertz CT molecular complexity index is 558. The molecule has 0 bridgehead atoms. The number of guanidine groups is 1. The fourth-order valence-corrected chi connectivity index (χ4v) is 3.03. The van der Waals surface area contributed by atoms with Crippen LogP contribution >= 0.6 is 39.9 Å². The van der Waals surface area contributed by atoms with Gasteiger partial charge in [0.05, 0.1) is 19.1 Å². The van der Waals surface area contributed by atoms with Crippen LogP contribution in [0.4, 0.5) is 0 Å². The Hall–Kier alpha value is -0.830. The molecule has 1 aromatic rings. The number of hydrogen-bond acceptors (Lipinski definition) is 3. The van der Waals surface area contributed by atoms with Gasteiger partial charge in [-0.25, -0.2) is 4.99 Å². The molecule has 25 heavy (non-hydrogen) atoms. The summed E-state index contributed by atoms with van der Waals surface area (Å²) >= 11 is 3.45. The molecule has 1 heterocycles. The highest BCUT2D eigenvalue weighted by molar-refractivity contribution is 14.0. The molecule has 0 amide bonds. The molecule has 0 aromatic heterocycles. The average Bonchev–Trinajstić information content (AvgIpc) is 2.60. The Balaban J connectivity index is 0.00000312. The molecule has 1 N–H and O–H groups in total. The van der Waals surface area contributed by atoms with E-state index in [9.17, 15) is 4.79 Å². The molecule has 5 nitrogen and oxygen atoms in total. The van der Waals surface area contributed by atoms with Crippen molar-refractivity contribution >= 4 is 51.8 Å². The number of nitrogens with one attached hydrogen (secondary N) is 1. The van der Waals surface area contributed by atoms with Gasteiger partial charge in [-0.3, -0.25) is 4.79 Å². The monoisotopic (exact) mass is 523 g/mol. The quantitative estimate of drug-likeness (QED) is 0.276. The van der Waals surface area contributed by atoms with E-state index in [2.05, 4.69) is 45.2 Å². The van der Waals surface area contributed by atoms with Gasteiger partial charge in [0.2, 0.25) is 0 Å². The van der Waals surface area contributed by atoms with Crippen molar-refractivity contribution in [3.05, 3.63) is 34.3 Å². The van der Waals surface area contributed by atoms with Gasteiger partial charge in [0, 0.05) is 24.1 Å². The highest BCUT2D eigenvalue weighted by Crippen LogP contribution is 2.19. The molecule has 0 spiro atoms. The predicted molar refractivity (Wildman–Crippen MR) is 115 cm³/mol. The Morgan fingerprint density at radius 3 is 2.48 bits per heavy atom. The lowest BCUT2D eigenvalue weighted by atomic mass is 9.97. The second-order valence-corrected chi connectivity index (χ2v) is 6.73. The summed E-state index contributed by atoms with van der Waals surface area (Å²) in [4.78, 5) is 18.8. The van der Waals surface area contributed by atoms with Gasteiger partial charge in [0.25, 0.3) is 0 Å². The third-order valence-corrected chi connectivity index (χ3v) is 4.60. The number of carbonyl (C=O) groups excluding carboxylic acids is 1. The third kappa shape index (κ3) is 7.13. The number of likely N-dealkylation sites (tertiary alicyclic amines) is 1. The molecule has 1 aliphatic rings. The van der Waals surface area contributed by atoms with Crippen LogP contribution in [0, 0.1) is 5.92 Å². The summed E-state index contributed by atoms with van der Waals surface area (Å²) in [6.45, 7) is 7.51. The van der Waals surface area contributed by atoms with E-state index < -0.39 is 0 Å². The summed E-state index contributed by atoms with van der Waals surface area (Å²) in [7, 11) is 0. The van der Waals surface area contributed by atoms with E-state index in [1.54, 1.807) is 0 Å². The lowest BCUT2D eigenvalue weighted by Crippen LogP contribution is -2.46. The lowest BCUT2D eigenvalue weighted by Gasteiger charge is -2.33. The molecule has 1 saturated heterocycles. The molecule has 0 radical (unpaired) electrons. The van der Waals surface area contributed by atoms with Gasteiger partial charge >= 0.3 is 5.97 Å². The van der Waals surface area contributed by atoms with E-state index in [0.717, 1.165) is 42.9 Å². The zero-order valence-corrected chi connectivity index (χ0v) is 18.7. The van der Waals surface area contributed by atoms with Crippen molar-refractivity contribution in [2.75, 3.05) is 26.2 Å². The zero-order valence-electron chi connectivity index (χ0n) is 14.8. The Morgan fingerprint density at radius 1 is 1.28 bits per heavy atom. The number of ether oxygens (including phenoxy) is 1. The van der Waals surface area contributed by atoms with Crippen LogP contribution in [-0.4, -0.2) is 43.1 Å². The standard InChI is InChI=1S/C18H26BrN3O2.HI/c1-3-20-18(21-13-14-5-7-16(19)8-6-14)22-11-9-15(10-12-22)17(23)24-4-2;/h5-8,15H,3-4,9-13H2,1-2H3,(H,20,21);1H. The molecular weight excluding hydrogens is 497 g/mol. The highest BCUT2D eigenvalue weighted by Gasteiger charge is 2.27. The maximum Gasteiger partial charge on any atom is 0.309 e. The smallest absolute Gasteiger partial charge is 0.309 e. The second kappa shape index (κ2) is 11.7. The number of esters is 1. The number of hydrogen-bond donors (Lipinski definition) is 1. The minimum absolute atomic E-state index is 0. The first-order valence-corrected chi connectivity index (χ1v) is 9.37. The van der Waals surface area contributed by atoms with Gasteiger partial charge in [-0.15, -0.1) is 24.0 Å². The first-order chi connectivity index (χ1) is 11.6. The van der Waals surface area contributed by atoms with Crippen molar-refractivity contribution in [1.29, 1.82) is 0 Å². The van der Waals surface area contributed by atoms with E-state index in [1.807, 2.05) is 19.1 Å². The molecule has 140 valence electrons. The molecule has 1 aliphatic heterocycles. The van der Waals surface area contributed by atoms with Gasteiger partial charge < -0.3 is 15.0 Å². The number of piperidine rings is 1. The Morgan fingerprint density at radius 2 is 1.92 bits per heavy atom. The summed E-state index contributed by atoms with van der Waals surface area (Å²) in [5.74, 6) is 0.882. The van der Waals surface area contributed by atoms with Crippen LogP contribution < -0.4 is 5.32 Å². The van der Waals surface area contributed by atoms with E-state index in [1.165, 1.54) is 5.56 Å². The van der Waals surface area contributed by atoms with Crippen molar-refractivity contribution in [2.45, 2.75) is 33.2 Å². The van der Waals surface area contributed by atoms with Crippen LogP contribution in [0.2, 0.25) is 0 Å². The molecule has 2 rings (SSSR count). The van der Waals surface area contributed by atoms with Gasteiger partial charge in [0.1, 0.15) is 0 Å². The number of carbonyl (C=O) groups is 1. The highest BCUT2D eigenvalue weighted by atomic mass is 127. The van der Waals surface area contributed by atoms with Crippen LogP contribution in [0.5, 0.6) is 0 Å². The molecule has 7 heteroatoms. The maximum absolute atomic E-state index is 11.8. The first kappa shape index (κ1) is 22.2. The zero-order chi connectivity index (χ0) is 17.4. The van der Waals surface area contributed by atoms with E-state index in [4.69, 9.17) is 9.73 Å². The summed E-state index contributed by atoms with van der Waals surface area (Å²) in [6, 6.07) is 8.21. The van der Waals surface area contributed by atoms with Crippen LogP contribution in [-0.2, 0) is 16.1 Å². The Kier molecular flexibility index (Phi) is 10.4. The Labute approximate surface area is 175 Å². The number of aliphatic imine (C=N–C) groups is 1. The van der Waals surface area contributed by atoms with Crippen molar-refractivity contribution in [3.8, 4) is 0 Å². The van der Waals surface area contributed by atoms with E-state index in [0.29, 0.717) is 13.2 Å². The van der Waals surface area contributed by atoms with Crippen molar-refractivity contribution < 1.29 is 9.53 Å².